The third kappa shape index (κ3) is 3.83. The Labute approximate surface area is 115 Å². The Balaban J connectivity index is 2.65. The molecular weight excluding hydrogens is 244 g/mol. The average molecular weight is 270 g/mol. The number of hydrogen-bond donors (Lipinski definition) is 2. The molecule has 0 bridgehead atoms. The highest BCUT2D eigenvalue weighted by Crippen LogP contribution is 2.23. The number of amides is 3. The van der Waals surface area contributed by atoms with Gasteiger partial charge in [0.2, 0.25) is 5.91 Å². The number of carbonyl (C=O) groups excluding carboxylic acids is 2. The van der Waals surface area contributed by atoms with E-state index in [-0.39, 0.29) is 11.9 Å². The summed E-state index contributed by atoms with van der Waals surface area (Å²) in [5, 5.41) is 3.30. The van der Waals surface area contributed by atoms with Gasteiger partial charge < -0.3 is 20.9 Å². The van der Waals surface area contributed by atoms with Crippen LogP contribution in [0.4, 0.5) is 4.79 Å². The van der Waals surface area contributed by atoms with Crippen molar-refractivity contribution in [3.05, 3.63) is 0 Å². The molecule has 0 aromatic rings. The standard InChI is InChI=1S/C13H26N4O2/c1-10(2)9-15-13(11(14)18)5-7-17(8-6-13)12(19)16(3)4/h10,15H,5-9H2,1-4H3,(H2,14,18). The van der Waals surface area contributed by atoms with Crippen molar-refractivity contribution < 1.29 is 9.59 Å². The average Bonchev–Trinajstić information content (AvgIpc) is 2.35. The molecule has 1 saturated heterocycles. The number of nitrogens with two attached hydrogens (primary N) is 1. The Kier molecular flexibility index (Phi) is 5.17. The van der Waals surface area contributed by atoms with Gasteiger partial charge in [-0.25, -0.2) is 4.79 Å². The number of nitrogens with one attached hydrogen (secondary N) is 1. The van der Waals surface area contributed by atoms with E-state index in [1.54, 1.807) is 23.9 Å². The number of likely N-dealkylation sites (tertiary alicyclic amines) is 1. The van der Waals surface area contributed by atoms with Gasteiger partial charge in [0, 0.05) is 27.2 Å². The van der Waals surface area contributed by atoms with Crippen LogP contribution < -0.4 is 11.1 Å². The van der Waals surface area contributed by atoms with Gasteiger partial charge in [-0.1, -0.05) is 13.8 Å². The Morgan fingerprint density at radius 3 is 2.21 bits per heavy atom. The summed E-state index contributed by atoms with van der Waals surface area (Å²) in [4.78, 5) is 26.9. The minimum absolute atomic E-state index is 0.0121. The fourth-order valence-corrected chi connectivity index (χ4v) is 2.27. The van der Waals surface area contributed by atoms with Gasteiger partial charge in [0.15, 0.2) is 0 Å². The van der Waals surface area contributed by atoms with Gasteiger partial charge in [-0.2, -0.15) is 0 Å². The number of primary amides is 1. The molecule has 0 aromatic heterocycles. The molecule has 19 heavy (non-hydrogen) atoms. The van der Waals surface area contributed by atoms with E-state index in [0.29, 0.717) is 31.8 Å². The second-order valence-corrected chi connectivity index (χ2v) is 5.89. The first-order chi connectivity index (χ1) is 8.78. The summed E-state index contributed by atoms with van der Waals surface area (Å²) in [5.41, 5.74) is 4.90. The van der Waals surface area contributed by atoms with E-state index in [9.17, 15) is 9.59 Å². The first-order valence-electron chi connectivity index (χ1n) is 6.79. The Bertz CT molecular complexity index is 334. The number of urea groups is 1. The Hall–Kier alpha value is -1.30. The molecule has 110 valence electrons. The highest BCUT2D eigenvalue weighted by atomic mass is 16.2. The van der Waals surface area contributed by atoms with Crippen LogP contribution in [0, 0.1) is 5.92 Å². The SMILES string of the molecule is CC(C)CNC1(C(N)=O)CCN(C(=O)N(C)C)CC1. The van der Waals surface area contributed by atoms with Gasteiger partial charge in [-0.15, -0.1) is 0 Å². The molecule has 0 radical (unpaired) electrons. The molecular formula is C13H26N4O2. The molecule has 0 spiro atoms. The first kappa shape index (κ1) is 15.8. The molecule has 0 unspecified atom stereocenters. The number of piperidine rings is 1. The second-order valence-electron chi connectivity index (χ2n) is 5.89. The molecule has 1 heterocycles. The number of hydrogen-bond acceptors (Lipinski definition) is 3. The lowest BCUT2D eigenvalue weighted by Gasteiger charge is -2.41. The monoisotopic (exact) mass is 270 g/mol. The predicted octanol–water partition coefficient (Wildman–Crippen LogP) is 0.234. The van der Waals surface area contributed by atoms with Crippen molar-refractivity contribution in [2.24, 2.45) is 11.7 Å². The molecule has 0 saturated carbocycles. The topological polar surface area (TPSA) is 78.7 Å². The smallest absolute Gasteiger partial charge is 0.319 e. The van der Waals surface area contributed by atoms with Gasteiger partial charge >= 0.3 is 6.03 Å². The van der Waals surface area contributed by atoms with Crippen LogP contribution in [0.3, 0.4) is 0 Å². The van der Waals surface area contributed by atoms with Crippen LogP contribution in [0.15, 0.2) is 0 Å². The van der Waals surface area contributed by atoms with Crippen molar-refractivity contribution in [1.29, 1.82) is 0 Å². The normalized spacial score (nSPS) is 18.5. The summed E-state index contributed by atoms with van der Waals surface area (Å²) in [5.74, 6) is 0.141. The molecule has 3 N–H and O–H groups in total. The van der Waals surface area contributed by atoms with Crippen molar-refractivity contribution in [2.45, 2.75) is 32.2 Å². The van der Waals surface area contributed by atoms with E-state index >= 15 is 0 Å². The fourth-order valence-electron chi connectivity index (χ4n) is 2.27. The summed E-state index contributed by atoms with van der Waals surface area (Å²) >= 11 is 0. The van der Waals surface area contributed by atoms with Crippen LogP contribution in [-0.2, 0) is 4.79 Å². The Morgan fingerprint density at radius 2 is 1.84 bits per heavy atom. The molecule has 3 amide bonds. The van der Waals surface area contributed by atoms with E-state index < -0.39 is 5.54 Å². The molecule has 6 nitrogen and oxygen atoms in total. The van der Waals surface area contributed by atoms with Crippen molar-refractivity contribution in [3.63, 3.8) is 0 Å². The van der Waals surface area contributed by atoms with Crippen molar-refractivity contribution in [1.82, 2.24) is 15.1 Å². The van der Waals surface area contributed by atoms with E-state index in [2.05, 4.69) is 19.2 Å². The highest BCUT2D eigenvalue weighted by molar-refractivity contribution is 5.85. The maximum absolute atomic E-state index is 11.9. The minimum Gasteiger partial charge on any atom is -0.368 e. The van der Waals surface area contributed by atoms with Crippen molar-refractivity contribution in [2.75, 3.05) is 33.7 Å². The molecule has 1 rings (SSSR count). The largest absolute Gasteiger partial charge is 0.368 e. The number of nitrogens with zero attached hydrogens (tertiary/aromatic N) is 2. The van der Waals surface area contributed by atoms with E-state index in [4.69, 9.17) is 5.73 Å². The lowest BCUT2D eigenvalue weighted by molar-refractivity contribution is -0.126. The zero-order chi connectivity index (χ0) is 14.6. The van der Waals surface area contributed by atoms with Crippen molar-refractivity contribution >= 4 is 11.9 Å². The summed E-state index contributed by atoms with van der Waals surface area (Å²) in [7, 11) is 3.46. The molecule has 0 aliphatic carbocycles. The summed E-state index contributed by atoms with van der Waals surface area (Å²) in [6, 6.07) is -0.0121. The third-order valence-electron chi connectivity index (χ3n) is 3.59. The molecule has 0 atom stereocenters. The molecule has 0 aromatic carbocycles. The third-order valence-corrected chi connectivity index (χ3v) is 3.59. The quantitative estimate of drug-likeness (QED) is 0.768. The summed E-state index contributed by atoms with van der Waals surface area (Å²) in [6.45, 7) is 6.06. The lowest BCUT2D eigenvalue weighted by atomic mass is 9.86. The first-order valence-corrected chi connectivity index (χ1v) is 6.79. The minimum atomic E-state index is -0.659. The fraction of sp³-hybridized carbons (Fsp3) is 0.846. The molecule has 1 aliphatic heterocycles. The van der Waals surface area contributed by atoms with Gasteiger partial charge in [0.05, 0.1) is 0 Å². The highest BCUT2D eigenvalue weighted by Gasteiger charge is 2.40. The number of carbonyl (C=O) groups is 2. The van der Waals surface area contributed by atoms with Crippen LogP contribution in [0.25, 0.3) is 0 Å². The summed E-state index contributed by atoms with van der Waals surface area (Å²) < 4.78 is 0. The predicted molar refractivity (Wildman–Crippen MR) is 74.7 cm³/mol. The van der Waals surface area contributed by atoms with Crippen LogP contribution in [0.5, 0.6) is 0 Å². The number of rotatable bonds is 4. The summed E-state index contributed by atoms with van der Waals surface area (Å²) in [6.07, 6.45) is 1.16. The van der Waals surface area contributed by atoms with Crippen LogP contribution in [0.2, 0.25) is 0 Å². The molecule has 1 aliphatic rings. The van der Waals surface area contributed by atoms with Gasteiger partial charge in [-0.05, 0) is 25.3 Å². The maximum atomic E-state index is 11.9. The maximum Gasteiger partial charge on any atom is 0.319 e. The van der Waals surface area contributed by atoms with E-state index in [1.807, 2.05) is 0 Å². The van der Waals surface area contributed by atoms with Crippen molar-refractivity contribution in [3.8, 4) is 0 Å². The van der Waals surface area contributed by atoms with Gasteiger partial charge in [-0.3, -0.25) is 4.79 Å². The lowest BCUT2D eigenvalue weighted by Crippen LogP contribution is -2.62. The van der Waals surface area contributed by atoms with Gasteiger partial charge in [0.1, 0.15) is 5.54 Å². The van der Waals surface area contributed by atoms with Crippen LogP contribution in [-0.4, -0.2) is 61.0 Å². The second kappa shape index (κ2) is 6.23. The molecule has 1 fully saturated rings. The zero-order valence-corrected chi connectivity index (χ0v) is 12.4. The van der Waals surface area contributed by atoms with E-state index in [0.717, 1.165) is 6.54 Å². The zero-order valence-electron chi connectivity index (χ0n) is 12.4. The van der Waals surface area contributed by atoms with E-state index in [1.165, 1.54) is 0 Å². The molecule has 6 heteroatoms. The van der Waals surface area contributed by atoms with Crippen LogP contribution >= 0.6 is 0 Å². The Morgan fingerprint density at radius 1 is 1.32 bits per heavy atom. The van der Waals surface area contributed by atoms with Crippen LogP contribution in [0.1, 0.15) is 26.7 Å². The van der Waals surface area contributed by atoms with Gasteiger partial charge in [0.25, 0.3) is 0 Å².